The lowest BCUT2D eigenvalue weighted by Crippen LogP contribution is -2.30. The number of thiazole rings is 1. The molecular formula is C13H21NOS. The maximum atomic E-state index is 10.2. The van der Waals surface area contributed by atoms with Crippen LogP contribution in [0.4, 0.5) is 0 Å². The molecule has 1 heterocycles. The Morgan fingerprint density at radius 1 is 1.50 bits per heavy atom. The Balaban J connectivity index is 1.85. The van der Waals surface area contributed by atoms with Gasteiger partial charge < -0.3 is 5.11 Å². The lowest BCUT2D eigenvalue weighted by Gasteiger charge is -2.36. The number of aliphatic hydroxyl groups excluding tert-OH is 1. The van der Waals surface area contributed by atoms with Crippen molar-refractivity contribution in [3.63, 3.8) is 0 Å². The van der Waals surface area contributed by atoms with Crippen molar-refractivity contribution >= 4 is 11.3 Å². The molecule has 0 bridgehead atoms. The fourth-order valence-electron chi connectivity index (χ4n) is 2.51. The van der Waals surface area contributed by atoms with Crippen molar-refractivity contribution < 1.29 is 5.11 Å². The van der Waals surface area contributed by atoms with E-state index in [0.29, 0.717) is 11.3 Å². The van der Waals surface area contributed by atoms with Crippen LogP contribution in [-0.4, -0.2) is 16.2 Å². The Morgan fingerprint density at radius 3 is 2.75 bits per heavy atom. The molecule has 0 saturated heterocycles. The zero-order valence-corrected chi connectivity index (χ0v) is 11.0. The summed E-state index contributed by atoms with van der Waals surface area (Å²) in [7, 11) is 0. The van der Waals surface area contributed by atoms with Crippen LogP contribution in [-0.2, 0) is 6.42 Å². The largest absolute Gasteiger partial charge is 0.392 e. The maximum absolute atomic E-state index is 10.2. The summed E-state index contributed by atoms with van der Waals surface area (Å²) in [4.78, 5) is 4.24. The van der Waals surface area contributed by atoms with Crippen LogP contribution in [0, 0.1) is 11.3 Å². The number of nitrogens with zero attached hydrogens (tertiary/aromatic N) is 1. The first-order chi connectivity index (χ1) is 7.57. The molecule has 2 rings (SSSR count). The van der Waals surface area contributed by atoms with E-state index in [1.807, 2.05) is 11.6 Å². The molecule has 0 aromatic carbocycles. The number of aliphatic hydroxyl groups is 1. The lowest BCUT2D eigenvalue weighted by atomic mass is 9.71. The second-order valence-electron chi connectivity index (χ2n) is 5.70. The number of aromatic nitrogens is 1. The predicted octanol–water partition coefficient (Wildman–Crippen LogP) is 3.26. The van der Waals surface area contributed by atoms with E-state index in [9.17, 15) is 5.11 Å². The molecule has 0 spiro atoms. The average molecular weight is 239 g/mol. The van der Waals surface area contributed by atoms with Gasteiger partial charge in [0.1, 0.15) is 0 Å². The molecule has 1 aliphatic carbocycles. The molecule has 0 amide bonds. The highest BCUT2D eigenvalue weighted by atomic mass is 32.1. The Hall–Kier alpha value is -0.410. The molecule has 0 radical (unpaired) electrons. The van der Waals surface area contributed by atoms with Crippen LogP contribution in [0.3, 0.4) is 0 Å². The maximum Gasteiger partial charge on any atom is 0.0950 e. The highest BCUT2D eigenvalue weighted by molar-refractivity contribution is 7.09. The fraction of sp³-hybridized carbons (Fsp3) is 0.769. The van der Waals surface area contributed by atoms with Crippen LogP contribution < -0.4 is 0 Å². The van der Waals surface area contributed by atoms with Crippen molar-refractivity contribution in [2.24, 2.45) is 11.3 Å². The van der Waals surface area contributed by atoms with E-state index in [0.717, 1.165) is 11.4 Å². The van der Waals surface area contributed by atoms with E-state index in [2.05, 4.69) is 18.8 Å². The van der Waals surface area contributed by atoms with Gasteiger partial charge >= 0.3 is 0 Å². The molecule has 1 N–H and O–H groups in total. The normalized spacial score (nSPS) is 23.2. The molecule has 3 heteroatoms. The van der Waals surface area contributed by atoms with Crippen LogP contribution >= 0.6 is 11.3 Å². The zero-order chi connectivity index (χ0) is 11.6. The van der Waals surface area contributed by atoms with Crippen LogP contribution in [0.2, 0.25) is 0 Å². The van der Waals surface area contributed by atoms with Crippen molar-refractivity contribution in [3.8, 4) is 0 Å². The summed E-state index contributed by atoms with van der Waals surface area (Å²) in [5.41, 5.74) is 0.484. The first-order valence-corrected chi connectivity index (χ1v) is 7.01. The molecule has 1 aromatic rings. The van der Waals surface area contributed by atoms with Crippen molar-refractivity contribution in [1.29, 1.82) is 0 Å². The van der Waals surface area contributed by atoms with E-state index in [1.54, 1.807) is 11.3 Å². The van der Waals surface area contributed by atoms with Gasteiger partial charge in [0.25, 0.3) is 0 Å². The highest BCUT2D eigenvalue weighted by Crippen LogP contribution is 2.39. The SMILES string of the molecule is CC1(C)CCC(C(O)Cc2nccs2)CC1. The Bertz CT molecular complexity index is 311. The third kappa shape index (κ3) is 3.05. The summed E-state index contributed by atoms with van der Waals surface area (Å²) in [6.07, 6.45) is 7.18. The minimum Gasteiger partial charge on any atom is -0.392 e. The Morgan fingerprint density at radius 2 is 2.19 bits per heavy atom. The molecule has 90 valence electrons. The molecule has 16 heavy (non-hydrogen) atoms. The number of rotatable bonds is 3. The van der Waals surface area contributed by atoms with Gasteiger partial charge in [-0.1, -0.05) is 13.8 Å². The summed E-state index contributed by atoms with van der Waals surface area (Å²) in [6, 6.07) is 0. The molecule has 2 nitrogen and oxygen atoms in total. The monoisotopic (exact) mass is 239 g/mol. The third-order valence-corrected chi connectivity index (χ3v) is 4.60. The van der Waals surface area contributed by atoms with Crippen molar-refractivity contribution in [1.82, 2.24) is 4.98 Å². The standard InChI is InChI=1S/C13H21NOS/c1-13(2)5-3-10(4-6-13)11(15)9-12-14-7-8-16-12/h7-8,10-11,15H,3-6,9H2,1-2H3. The fourth-order valence-corrected chi connectivity index (χ4v) is 3.17. The molecule has 1 unspecified atom stereocenters. The topological polar surface area (TPSA) is 33.1 Å². The first-order valence-electron chi connectivity index (χ1n) is 6.13. The summed E-state index contributed by atoms with van der Waals surface area (Å²) in [5, 5.41) is 13.2. The summed E-state index contributed by atoms with van der Waals surface area (Å²) in [6.45, 7) is 4.66. The van der Waals surface area contributed by atoms with Gasteiger partial charge in [-0.2, -0.15) is 0 Å². The van der Waals surface area contributed by atoms with E-state index in [1.165, 1.54) is 25.7 Å². The average Bonchev–Trinajstić information content (AvgIpc) is 2.70. The van der Waals surface area contributed by atoms with Gasteiger partial charge in [-0.3, -0.25) is 0 Å². The molecule has 1 aromatic heterocycles. The smallest absolute Gasteiger partial charge is 0.0950 e. The van der Waals surface area contributed by atoms with Crippen LogP contribution in [0.5, 0.6) is 0 Å². The zero-order valence-electron chi connectivity index (χ0n) is 10.1. The van der Waals surface area contributed by atoms with Crippen LogP contribution in [0.25, 0.3) is 0 Å². The molecule has 1 aliphatic rings. The minimum atomic E-state index is -0.192. The summed E-state index contributed by atoms with van der Waals surface area (Å²) < 4.78 is 0. The molecule has 1 fully saturated rings. The molecule has 1 saturated carbocycles. The predicted molar refractivity (Wildman–Crippen MR) is 67.6 cm³/mol. The van der Waals surface area contributed by atoms with Gasteiger partial charge in [-0.25, -0.2) is 4.98 Å². The van der Waals surface area contributed by atoms with E-state index >= 15 is 0 Å². The van der Waals surface area contributed by atoms with Crippen LogP contribution in [0.1, 0.15) is 44.5 Å². The van der Waals surface area contributed by atoms with Gasteiger partial charge in [0.2, 0.25) is 0 Å². The summed E-state index contributed by atoms with van der Waals surface area (Å²) >= 11 is 1.64. The molecular weight excluding hydrogens is 218 g/mol. The number of hydrogen-bond donors (Lipinski definition) is 1. The van der Waals surface area contributed by atoms with E-state index < -0.39 is 0 Å². The minimum absolute atomic E-state index is 0.192. The van der Waals surface area contributed by atoms with Crippen LogP contribution in [0.15, 0.2) is 11.6 Å². The second kappa shape index (κ2) is 4.84. The Kier molecular flexibility index (Phi) is 3.65. The van der Waals surface area contributed by atoms with Gasteiger partial charge in [-0.15, -0.1) is 11.3 Å². The molecule has 1 atom stereocenters. The van der Waals surface area contributed by atoms with E-state index in [-0.39, 0.29) is 6.10 Å². The second-order valence-corrected chi connectivity index (χ2v) is 6.68. The van der Waals surface area contributed by atoms with Gasteiger partial charge in [0.15, 0.2) is 0 Å². The third-order valence-electron chi connectivity index (χ3n) is 3.80. The first kappa shape index (κ1) is 12.1. The van der Waals surface area contributed by atoms with Crippen molar-refractivity contribution in [2.75, 3.05) is 0 Å². The lowest BCUT2D eigenvalue weighted by molar-refractivity contribution is 0.0576. The van der Waals surface area contributed by atoms with Crippen molar-refractivity contribution in [2.45, 2.75) is 52.1 Å². The van der Waals surface area contributed by atoms with Gasteiger partial charge in [0, 0.05) is 18.0 Å². The van der Waals surface area contributed by atoms with Gasteiger partial charge in [0.05, 0.1) is 11.1 Å². The Labute approximate surface area is 102 Å². The van der Waals surface area contributed by atoms with Gasteiger partial charge in [-0.05, 0) is 37.0 Å². The number of hydrogen-bond acceptors (Lipinski definition) is 3. The quantitative estimate of drug-likeness (QED) is 0.878. The van der Waals surface area contributed by atoms with Crippen molar-refractivity contribution in [3.05, 3.63) is 16.6 Å². The highest BCUT2D eigenvalue weighted by Gasteiger charge is 2.30. The molecule has 0 aliphatic heterocycles. The summed E-state index contributed by atoms with van der Waals surface area (Å²) in [5.74, 6) is 0.483. The van der Waals surface area contributed by atoms with E-state index in [4.69, 9.17) is 0 Å².